The number of carboxylic acids is 1. The van der Waals surface area contributed by atoms with Crippen LogP contribution in [0.2, 0.25) is 0 Å². The second kappa shape index (κ2) is 8.71. The van der Waals surface area contributed by atoms with Crippen LogP contribution in [0.1, 0.15) is 52.9 Å². The van der Waals surface area contributed by atoms with Gasteiger partial charge in [-0.05, 0) is 30.6 Å². The summed E-state index contributed by atoms with van der Waals surface area (Å²) in [5.41, 5.74) is 0. The van der Waals surface area contributed by atoms with Gasteiger partial charge in [0.05, 0.1) is 12.3 Å². The molecule has 0 amide bonds. The maximum absolute atomic E-state index is 11.8. The van der Waals surface area contributed by atoms with Gasteiger partial charge in [-0.3, -0.25) is 14.4 Å². The minimum absolute atomic E-state index is 0.0210. The topological polar surface area (TPSA) is 80.7 Å². The molecule has 0 aromatic rings. The Hall–Kier alpha value is -1.65. The molecule has 5 nitrogen and oxygen atoms in total. The van der Waals surface area contributed by atoms with E-state index in [-0.39, 0.29) is 30.6 Å². The highest BCUT2D eigenvalue weighted by molar-refractivity contribution is 5.94. The summed E-state index contributed by atoms with van der Waals surface area (Å²) in [6.07, 6.45) is 6.89. The molecule has 0 aromatic carbocycles. The lowest BCUT2D eigenvalue weighted by Crippen LogP contribution is -2.23. The normalized spacial score (nSPS) is 22.6. The van der Waals surface area contributed by atoms with Crippen LogP contribution in [-0.4, -0.2) is 23.0 Å². The van der Waals surface area contributed by atoms with Crippen molar-refractivity contribution in [1.82, 2.24) is 0 Å². The molecule has 0 aromatic heterocycles. The second-order valence-corrected chi connectivity index (χ2v) is 6.27. The van der Waals surface area contributed by atoms with Crippen LogP contribution in [0.4, 0.5) is 0 Å². The van der Waals surface area contributed by atoms with Crippen molar-refractivity contribution >= 4 is 17.9 Å². The smallest absolute Gasteiger partial charge is 0.317 e. The van der Waals surface area contributed by atoms with E-state index in [9.17, 15) is 14.4 Å². The van der Waals surface area contributed by atoms with Gasteiger partial charge < -0.3 is 9.84 Å². The SMILES string of the molecule is CCC/C=C\C(CC(C)C(C)CC(=O)O)C1CC(=O)OC1=O. The van der Waals surface area contributed by atoms with Crippen LogP contribution in [0.25, 0.3) is 0 Å². The molecule has 4 atom stereocenters. The first kappa shape index (κ1) is 18.4. The summed E-state index contributed by atoms with van der Waals surface area (Å²) in [6, 6.07) is 0. The number of hydrogen-bond acceptors (Lipinski definition) is 4. The monoisotopic (exact) mass is 310 g/mol. The van der Waals surface area contributed by atoms with Crippen molar-refractivity contribution in [3.05, 3.63) is 12.2 Å². The Kier molecular flexibility index (Phi) is 7.28. The lowest BCUT2D eigenvalue weighted by Gasteiger charge is -2.24. The minimum Gasteiger partial charge on any atom is -0.481 e. The number of rotatable bonds is 9. The number of ether oxygens (including phenoxy) is 1. The number of aliphatic carboxylic acids is 1. The van der Waals surface area contributed by atoms with Crippen LogP contribution in [0.3, 0.4) is 0 Å². The van der Waals surface area contributed by atoms with Gasteiger partial charge in [-0.1, -0.05) is 39.3 Å². The van der Waals surface area contributed by atoms with E-state index in [1.54, 1.807) is 0 Å². The van der Waals surface area contributed by atoms with Crippen molar-refractivity contribution in [3.63, 3.8) is 0 Å². The molecule has 1 fully saturated rings. The number of carboxylic acid groups (broad SMARTS) is 1. The van der Waals surface area contributed by atoms with Gasteiger partial charge in [0.15, 0.2) is 0 Å². The van der Waals surface area contributed by atoms with Gasteiger partial charge in [0.25, 0.3) is 0 Å². The summed E-state index contributed by atoms with van der Waals surface area (Å²) in [4.78, 5) is 34.0. The predicted molar refractivity (Wildman–Crippen MR) is 81.9 cm³/mol. The van der Waals surface area contributed by atoms with E-state index < -0.39 is 23.8 Å². The highest BCUT2D eigenvalue weighted by Crippen LogP contribution is 2.33. The molecular formula is C17H26O5. The third-order valence-electron chi connectivity index (χ3n) is 4.37. The van der Waals surface area contributed by atoms with Gasteiger partial charge in [-0.2, -0.15) is 0 Å². The van der Waals surface area contributed by atoms with E-state index in [1.807, 2.05) is 26.0 Å². The first-order chi connectivity index (χ1) is 10.3. The van der Waals surface area contributed by atoms with Gasteiger partial charge in [0.2, 0.25) is 0 Å². The second-order valence-electron chi connectivity index (χ2n) is 6.27. The Morgan fingerprint density at radius 2 is 2.05 bits per heavy atom. The first-order valence-corrected chi connectivity index (χ1v) is 7.98. The molecule has 0 bridgehead atoms. The van der Waals surface area contributed by atoms with Crippen LogP contribution < -0.4 is 0 Å². The molecule has 0 spiro atoms. The maximum atomic E-state index is 11.8. The molecule has 1 heterocycles. The fourth-order valence-electron chi connectivity index (χ4n) is 2.77. The number of allylic oxidation sites excluding steroid dienone is 2. The lowest BCUT2D eigenvalue weighted by molar-refractivity contribution is -0.153. The zero-order valence-electron chi connectivity index (χ0n) is 13.6. The van der Waals surface area contributed by atoms with E-state index in [0.29, 0.717) is 6.42 Å². The van der Waals surface area contributed by atoms with E-state index in [1.165, 1.54) is 0 Å². The van der Waals surface area contributed by atoms with E-state index in [0.717, 1.165) is 12.8 Å². The fourth-order valence-corrected chi connectivity index (χ4v) is 2.77. The Morgan fingerprint density at radius 3 is 2.55 bits per heavy atom. The van der Waals surface area contributed by atoms with Crippen molar-refractivity contribution in [2.45, 2.75) is 52.9 Å². The first-order valence-electron chi connectivity index (χ1n) is 7.98. The summed E-state index contributed by atoms with van der Waals surface area (Å²) in [5.74, 6) is -2.06. The van der Waals surface area contributed by atoms with Gasteiger partial charge >= 0.3 is 17.9 Å². The molecule has 124 valence electrons. The molecule has 22 heavy (non-hydrogen) atoms. The number of carbonyl (C=O) groups is 3. The van der Waals surface area contributed by atoms with Crippen LogP contribution in [0.5, 0.6) is 0 Å². The lowest BCUT2D eigenvalue weighted by atomic mass is 9.79. The summed E-state index contributed by atoms with van der Waals surface area (Å²) in [5, 5.41) is 8.90. The van der Waals surface area contributed by atoms with Crippen molar-refractivity contribution < 1.29 is 24.2 Å². The number of carbonyl (C=O) groups excluding carboxylic acids is 2. The number of esters is 2. The van der Waals surface area contributed by atoms with Crippen LogP contribution in [-0.2, 0) is 19.1 Å². The molecular weight excluding hydrogens is 284 g/mol. The average Bonchev–Trinajstić information content (AvgIpc) is 2.75. The molecule has 5 heteroatoms. The van der Waals surface area contributed by atoms with E-state index in [2.05, 4.69) is 11.7 Å². The van der Waals surface area contributed by atoms with Crippen LogP contribution in [0, 0.1) is 23.7 Å². The highest BCUT2D eigenvalue weighted by Gasteiger charge is 2.39. The molecule has 0 aliphatic carbocycles. The molecule has 1 aliphatic heterocycles. The third kappa shape index (κ3) is 5.62. The van der Waals surface area contributed by atoms with Crippen molar-refractivity contribution in [2.24, 2.45) is 23.7 Å². The molecule has 1 rings (SSSR count). The zero-order valence-corrected chi connectivity index (χ0v) is 13.6. The molecule has 1 N–H and O–H groups in total. The Morgan fingerprint density at radius 1 is 1.36 bits per heavy atom. The average molecular weight is 310 g/mol. The Bertz CT molecular complexity index is 440. The van der Waals surface area contributed by atoms with Gasteiger partial charge in [0.1, 0.15) is 0 Å². The summed E-state index contributed by atoms with van der Waals surface area (Å²) in [7, 11) is 0. The highest BCUT2D eigenvalue weighted by atomic mass is 16.6. The zero-order chi connectivity index (χ0) is 16.7. The summed E-state index contributed by atoms with van der Waals surface area (Å²) >= 11 is 0. The molecule has 0 radical (unpaired) electrons. The summed E-state index contributed by atoms with van der Waals surface area (Å²) in [6.45, 7) is 5.98. The largest absolute Gasteiger partial charge is 0.481 e. The maximum Gasteiger partial charge on any atom is 0.317 e. The quantitative estimate of drug-likeness (QED) is 0.402. The minimum atomic E-state index is -0.812. The van der Waals surface area contributed by atoms with Gasteiger partial charge in [-0.25, -0.2) is 0 Å². The van der Waals surface area contributed by atoms with Crippen molar-refractivity contribution in [3.8, 4) is 0 Å². The molecule has 1 aliphatic rings. The molecule has 1 saturated heterocycles. The number of unbranched alkanes of at least 4 members (excludes halogenated alkanes) is 1. The number of cyclic esters (lactones) is 2. The van der Waals surface area contributed by atoms with Crippen molar-refractivity contribution in [1.29, 1.82) is 0 Å². The number of hydrogen-bond donors (Lipinski definition) is 1. The molecule has 4 unspecified atom stereocenters. The van der Waals surface area contributed by atoms with Crippen LogP contribution >= 0.6 is 0 Å². The standard InChI is InChI=1S/C17H26O5/c1-4-5-6-7-13(14-10-16(20)22-17(14)21)8-11(2)12(3)9-15(18)19/h6-7,11-14H,4-5,8-10H2,1-3H3,(H,18,19)/b7-6-. The van der Waals surface area contributed by atoms with E-state index in [4.69, 9.17) is 5.11 Å². The van der Waals surface area contributed by atoms with Crippen molar-refractivity contribution in [2.75, 3.05) is 0 Å². The Labute approximate surface area is 131 Å². The van der Waals surface area contributed by atoms with Gasteiger partial charge in [0, 0.05) is 6.42 Å². The van der Waals surface area contributed by atoms with Crippen LogP contribution in [0.15, 0.2) is 12.2 Å². The fraction of sp³-hybridized carbons (Fsp3) is 0.706. The third-order valence-corrected chi connectivity index (χ3v) is 4.37. The van der Waals surface area contributed by atoms with E-state index >= 15 is 0 Å². The summed E-state index contributed by atoms with van der Waals surface area (Å²) < 4.78 is 4.66. The predicted octanol–water partition coefficient (Wildman–Crippen LogP) is 3.19. The Balaban J connectivity index is 2.75. The molecule has 0 saturated carbocycles. The van der Waals surface area contributed by atoms with Gasteiger partial charge in [-0.15, -0.1) is 0 Å².